The molecule has 0 radical (unpaired) electrons. The number of benzene rings is 1. The van der Waals surface area contributed by atoms with E-state index in [2.05, 4.69) is 6.58 Å². The Bertz CT molecular complexity index is 305. The van der Waals surface area contributed by atoms with Crippen LogP contribution in [0.5, 0.6) is 0 Å². The molecular formula is C12H15NO. The van der Waals surface area contributed by atoms with Gasteiger partial charge in [-0.3, -0.25) is 4.79 Å². The highest BCUT2D eigenvalue weighted by Gasteiger charge is 2.11. The first-order chi connectivity index (χ1) is 6.74. The van der Waals surface area contributed by atoms with Crippen LogP contribution in [-0.2, 0) is 11.2 Å². The number of ketones is 1. The molecule has 0 saturated carbocycles. The molecule has 0 saturated heterocycles. The van der Waals surface area contributed by atoms with Gasteiger partial charge in [-0.25, -0.2) is 0 Å². The minimum Gasteiger partial charge on any atom is -0.321 e. The summed E-state index contributed by atoms with van der Waals surface area (Å²) in [5.41, 5.74) is 6.67. The molecule has 1 unspecified atom stereocenters. The standard InChI is InChI=1S/C12H15NO/c1-2-6-11(13)12(14)9-10-7-4-3-5-8-10/h2-5,7-8,11H,1,6,9,13H2. The molecule has 14 heavy (non-hydrogen) atoms. The third-order valence-corrected chi connectivity index (χ3v) is 2.06. The first kappa shape index (κ1) is 10.7. The summed E-state index contributed by atoms with van der Waals surface area (Å²) >= 11 is 0. The molecule has 2 nitrogen and oxygen atoms in total. The second kappa shape index (κ2) is 5.35. The quantitative estimate of drug-likeness (QED) is 0.716. The van der Waals surface area contributed by atoms with Gasteiger partial charge >= 0.3 is 0 Å². The summed E-state index contributed by atoms with van der Waals surface area (Å²) in [5, 5.41) is 0. The molecule has 0 aromatic heterocycles. The number of Topliss-reactive ketones (excluding diaryl/α,β-unsaturated/α-hetero) is 1. The summed E-state index contributed by atoms with van der Waals surface area (Å²) in [7, 11) is 0. The van der Waals surface area contributed by atoms with E-state index in [-0.39, 0.29) is 5.78 Å². The van der Waals surface area contributed by atoms with Crippen LogP contribution in [0.25, 0.3) is 0 Å². The Morgan fingerprint density at radius 1 is 1.43 bits per heavy atom. The number of carbonyl (C=O) groups is 1. The Labute approximate surface area is 84.4 Å². The molecule has 74 valence electrons. The van der Waals surface area contributed by atoms with E-state index >= 15 is 0 Å². The van der Waals surface area contributed by atoms with Gasteiger partial charge in [0.25, 0.3) is 0 Å². The van der Waals surface area contributed by atoms with Gasteiger partial charge < -0.3 is 5.73 Å². The maximum absolute atomic E-state index is 11.5. The Morgan fingerprint density at radius 2 is 2.07 bits per heavy atom. The highest BCUT2D eigenvalue weighted by atomic mass is 16.1. The summed E-state index contributed by atoms with van der Waals surface area (Å²) in [6, 6.07) is 9.21. The van der Waals surface area contributed by atoms with Crippen molar-refractivity contribution in [2.75, 3.05) is 0 Å². The molecule has 0 amide bonds. The van der Waals surface area contributed by atoms with Gasteiger partial charge in [-0.1, -0.05) is 36.4 Å². The lowest BCUT2D eigenvalue weighted by Gasteiger charge is -2.07. The molecule has 1 atom stereocenters. The van der Waals surface area contributed by atoms with Crippen molar-refractivity contribution in [3.63, 3.8) is 0 Å². The average molecular weight is 189 g/mol. The van der Waals surface area contributed by atoms with Crippen molar-refractivity contribution in [3.8, 4) is 0 Å². The van der Waals surface area contributed by atoms with Crippen LogP contribution in [0.15, 0.2) is 43.0 Å². The first-order valence-corrected chi connectivity index (χ1v) is 4.67. The van der Waals surface area contributed by atoms with E-state index in [1.54, 1.807) is 6.08 Å². The fourth-order valence-corrected chi connectivity index (χ4v) is 1.24. The Morgan fingerprint density at radius 3 is 2.64 bits per heavy atom. The molecule has 0 heterocycles. The highest BCUT2D eigenvalue weighted by molar-refractivity contribution is 5.85. The molecule has 0 fully saturated rings. The molecule has 0 aliphatic rings. The van der Waals surface area contributed by atoms with Crippen molar-refractivity contribution < 1.29 is 4.79 Å². The number of nitrogens with two attached hydrogens (primary N) is 1. The van der Waals surface area contributed by atoms with E-state index in [4.69, 9.17) is 5.73 Å². The maximum atomic E-state index is 11.5. The molecule has 0 aliphatic heterocycles. The van der Waals surface area contributed by atoms with Crippen molar-refractivity contribution in [1.82, 2.24) is 0 Å². The van der Waals surface area contributed by atoms with E-state index in [0.29, 0.717) is 12.8 Å². The second-order valence-electron chi connectivity index (χ2n) is 3.26. The maximum Gasteiger partial charge on any atom is 0.154 e. The van der Waals surface area contributed by atoms with E-state index < -0.39 is 6.04 Å². The SMILES string of the molecule is C=CCC(N)C(=O)Cc1ccccc1. The van der Waals surface area contributed by atoms with E-state index in [9.17, 15) is 4.79 Å². The third kappa shape index (κ3) is 3.15. The highest BCUT2D eigenvalue weighted by Crippen LogP contribution is 2.03. The van der Waals surface area contributed by atoms with Gasteiger partial charge in [0.2, 0.25) is 0 Å². The number of rotatable bonds is 5. The number of hydrogen-bond donors (Lipinski definition) is 1. The van der Waals surface area contributed by atoms with Crippen LogP contribution in [0.2, 0.25) is 0 Å². The van der Waals surface area contributed by atoms with Gasteiger partial charge in [0.1, 0.15) is 0 Å². The normalized spacial score (nSPS) is 12.1. The lowest BCUT2D eigenvalue weighted by atomic mass is 10.0. The summed E-state index contributed by atoms with van der Waals surface area (Å²) in [6.45, 7) is 3.56. The zero-order chi connectivity index (χ0) is 10.4. The fraction of sp³-hybridized carbons (Fsp3) is 0.250. The minimum absolute atomic E-state index is 0.0658. The van der Waals surface area contributed by atoms with Gasteiger partial charge in [0.15, 0.2) is 5.78 Å². The molecule has 0 aliphatic carbocycles. The van der Waals surface area contributed by atoms with Gasteiger partial charge in [0.05, 0.1) is 6.04 Å². The van der Waals surface area contributed by atoms with Crippen molar-refractivity contribution in [3.05, 3.63) is 48.6 Å². The molecule has 1 aromatic rings. The summed E-state index contributed by atoms with van der Waals surface area (Å²) in [5.74, 6) is 0.0658. The van der Waals surface area contributed by atoms with Crippen molar-refractivity contribution in [2.24, 2.45) is 5.73 Å². The van der Waals surface area contributed by atoms with Crippen molar-refractivity contribution in [2.45, 2.75) is 18.9 Å². The van der Waals surface area contributed by atoms with Crippen LogP contribution in [-0.4, -0.2) is 11.8 Å². The van der Waals surface area contributed by atoms with E-state index in [1.807, 2.05) is 30.3 Å². The Balaban J connectivity index is 2.53. The second-order valence-corrected chi connectivity index (χ2v) is 3.26. The van der Waals surface area contributed by atoms with Crippen molar-refractivity contribution in [1.29, 1.82) is 0 Å². The molecular weight excluding hydrogens is 174 g/mol. The van der Waals surface area contributed by atoms with Crippen LogP contribution >= 0.6 is 0 Å². The lowest BCUT2D eigenvalue weighted by molar-refractivity contribution is -0.119. The third-order valence-electron chi connectivity index (χ3n) is 2.06. The molecule has 0 bridgehead atoms. The largest absolute Gasteiger partial charge is 0.321 e. The van der Waals surface area contributed by atoms with Gasteiger partial charge in [-0.2, -0.15) is 0 Å². The molecule has 1 rings (SSSR count). The summed E-state index contributed by atoms with van der Waals surface area (Å²) in [4.78, 5) is 11.5. The average Bonchev–Trinajstić information content (AvgIpc) is 2.19. The fourth-order valence-electron chi connectivity index (χ4n) is 1.24. The predicted octanol–water partition coefficient (Wildman–Crippen LogP) is 1.70. The predicted molar refractivity (Wildman–Crippen MR) is 57.9 cm³/mol. The zero-order valence-electron chi connectivity index (χ0n) is 8.15. The minimum atomic E-state index is -0.410. The van der Waals surface area contributed by atoms with Crippen LogP contribution in [0, 0.1) is 0 Å². The summed E-state index contributed by atoms with van der Waals surface area (Å²) in [6.07, 6.45) is 2.63. The van der Waals surface area contributed by atoms with Crippen LogP contribution in [0.1, 0.15) is 12.0 Å². The molecule has 2 heteroatoms. The first-order valence-electron chi connectivity index (χ1n) is 4.67. The Hall–Kier alpha value is -1.41. The van der Waals surface area contributed by atoms with Gasteiger partial charge in [0, 0.05) is 6.42 Å². The smallest absolute Gasteiger partial charge is 0.154 e. The monoisotopic (exact) mass is 189 g/mol. The zero-order valence-corrected chi connectivity index (χ0v) is 8.15. The van der Waals surface area contributed by atoms with E-state index in [1.165, 1.54) is 0 Å². The Kier molecular flexibility index (Phi) is 4.08. The topological polar surface area (TPSA) is 43.1 Å². The lowest BCUT2D eigenvalue weighted by Crippen LogP contribution is -2.31. The van der Waals surface area contributed by atoms with Crippen LogP contribution < -0.4 is 5.73 Å². The summed E-state index contributed by atoms with van der Waals surface area (Å²) < 4.78 is 0. The van der Waals surface area contributed by atoms with Crippen LogP contribution in [0.4, 0.5) is 0 Å². The van der Waals surface area contributed by atoms with Gasteiger partial charge in [-0.15, -0.1) is 6.58 Å². The number of hydrogen-bond acceptors (Lipinski definition) is 2. The van der Waals surface area contributed by atoms with Crippen molar-refractivity contribution >= 4 is 5.78 Å². The number of carbonyl (C=O) groups excluding carboxylic acids is 1. The van der Waals surface area contributed by atoms with E-state index in [0.717, 1.165) is 5.56 Å². The molecule has 1 aromatic carbocycles. The molecule has 2 N–H and O–H groups in total. The molecule has 0 spiro atoms. The van der Waals surface area contributed by atoms with Gasteiger partial charge in [-0.05, 0) is 12.0 Å². The van der Waals surface area contributed by atoms with Crippen LogP contribution in [0.3, 0.4) is 0 Å².